The fraction of sp³-hybridized carbons (Fsp3) is 0.737. The summed E-state index contributed by atoms with van der Waals surface area (Å²) in [5, 5.41) is 16.6. The maximum Gasteiger partial charge on any atom is 0.410 e. The monoisotopic (exact) mass is 380 g/mol. The molecule has 27 heavy (non-hydrogen) atoms. The number of aliphatic hydroxyl groups excluding tert-OH is 1. The number of nitrogens with zero attached hydrogens (tertiary/aromatic N) is 3. The molecule has 2 heterocycles. The number of hydrogen-bond donors (Lipinski definition) is 2. The third-order valence-corrected chi connectivity index (χ3v) is 4.58. The molecule has 0 aromatic carbocycles. The standard InChI is InChI=1S/C19H32N4O4/c1-12-8-14-13(9-23(12)17(26)27-18(2,3)4)15(21-20-14)16(25)22(7)10-19(5,6)11-24/h12,24H,8-11H2,1-7H3,(H,20,21)/t12-/m1/s1. The highest BCUT2D eigenvalue weighted by Gasteiger charge is 2.35. The number of aliphatic hydroxyl groups is 1. The number of carbonyl (C=O) groups is 2. The fourth-order valence-electron chi connectivity index (χ4n) is 3.16. The SMILES string of the molecule is C[C@@H]1Cc2[nH]nc(C(=O)N(C)CC(C)(C)CO)c2CN1C(=O)OC(C)(C)C. The summed E-state index contributed by atoms with van der Waals surface area (Å²) in [5.41, 5.74) is 0.944. The van der Waals surface area contributed by atoms with Crippen molar-refractivity contribution >= 4 is 12.0 Å². The van der Waals surface area contributed by atoms with Gasteiger partial charge in [0, 0.05) is 49.3 Å². The van der Waals surface area contributed by atoms with E-state index in [9.17, 15) is 14.7 Å². The number of fused-ring (bicyclic) bond motifs is 1. The zero-order valence-corrected chi connectivity index (χ0v) is 17.4. The van der Waals surface area contributed by atoms with E-state index in [1.165, 1.54) is 0 Å². The predicted molar refractivity (Wildman–Crippen MR) is 101 cm³/mol. The molecule has 2 N–H and O–H groups in total. The Hall–Kier alpha value is -2.09. The first-order valence-corrected chi connectivity index (χ1v) is 9.26. The molecular weight excluding hydrogens is 348 g/mol. The van der Waals surface area contributed by atoms with Gasteiger partial charge in [-0.1, -0.05) is 13.8 Å². The number of ether oxygens (including phenoxy) is 1. The van der Waals surface area contributed by atoms with Gasteiger partial charge in [-0.05, 0) is 27.7 Å². The highest BCUT2D eigenvalue weighted by Crippen LogP contribution is 2.27. The number of carbonyl (C=O) groups excluding carboxylic acids is 2. The lowest BCUT2D eigenvalue weighted by Gasteiger charge is -2.35. The van der Waals surface area contributed by atoms with Crippen LogP contribution in [0.5, 0.6) is 0 Å². The van der Waals surface area contributed by atoms with Crippen molar-refractivity contribution in [3.8, 4) is 0 Å². The second-order valence-electron chi connectivity index (χ2n) is 9.17. The molecule has 0 saturated heterocycles. The Bertz CT molecular complexity index is 705. The van der Waals surface area contributed by atoms with Gasteiger partial charge in [0.15, 0.2) is 5.69 Å². The minimum absolute atomic E-state index is 0.0206. The predicted octanol–water partition coefficient (Wildman–Crippen LogP) is 2.18. The van der Waals surface area contributed by atoms with Crippen molar-refractivity contribution < 1.29 is 19.4 Å². The summed E-state index contributed by atoms with van der Waals surface area (Å²) in [7, 11) is 1.69. The smallest absolute Gasteiger partial charge is 0.410 e. The van der Waals surface area contributed by atoms with Crippen LogP contribution in [0.15, 0.2) is 0 Å². The van der Waals surface area contributed by atoms with Crippen LogP contribution in [-0.2, 0) is 17.7 Å². The molecule has 0 fully saturated rings. The molecule has 1 atom stereocenters. The molecule has 8 nitrogen and oxygen atoms in total. The lowest BCUT2D eigenvalue weighted by Crippen LogP contribution is -2.45. The summed E-state index contributed by atoms with van der Waals surface area (Å²) in [6.45, 7) is 11.9. The van der Waals surface area contributed by atoms with E-state index >= 15 is 0 Å². The summed E-state index contributed by atoms with van der Waals surface area (Å²) in [6, 6.07) is -0.0539. The van der Waals surface area contributed by atoms with Crippen LogP contribution in [0.25, 0.3) is 0 Å². The molecule has 152 valence electrons. The molecule has 0 aliphatic carbocycles. The first-order chi connectivity index (χ1) is 12.3. The van der Waals surface area contributed by atoms with Crippen molar-refractivity contribution in [3.05, 3.63) is 17.0 Å². The molecule has 0 spiro atoms. The summed E-state index contributed by atoms with van der Waals surface area (Å²) >= 11 is 0. The molecule has 1 aliphatic heterocycles. The summed E-state index contributed by atoms with van der Waals surface area (Å²) in [5.74, 6) is -0.229. The largest absolute Gasteiger partial charge is 0.444 e. The molecule has 8 heteroatoms. The Kier molecular flexibility index (Phi) is 5.89. The maximum atomic E-state index is 12.9. The van der Waals surface area contributed by atoms with Crippen molar-refractivity contribution in [1.29, 1.82) is 0 Å². The second-order valence-corrected chi connectivity index (χ2v) is 9.17. The zero-order valence-electron chi connectivity index (χ0n) is 17.4. The van der Waals surface area contributed by atoms with E-state index < -0.39 is 17.1 Å². The molecular formula is C19H32N4O4. The average molecular weight is 380 g/mol. The third-order valence-electron chi connectivity index (χ3n) is 4.58. The van der Waals surface area contributed by atoms with Crippen LogP contribution in [0.2, 0.25) is 0 Å². The van der Waals surface area contributed by atoms with Crippen molar-refractivity contribution in [2.45, 2.75) is 66.2 Å². The third kappa shape index (κ3) is 5.00. The van der Waals surface area contributed by atoms with Crippen LogP contribution in [-0.4, -0.2) is 68.9 Å². The van der Waals surface area contributed by atoms with E-state index in [2.05, 4.69) is 10.2 Å². The van der Waals surface area contributed by atoms with Crippen LogP contribution >= 0.6 is 0 Å². The maximum absolute atomic E-state index is 12.9. The highest BCUT2D eigenvalue weighted by molar-refractivity contribution is 5.94. The topological polar surface area (TPSA) is 98.8 Å². The van der Waals surface area contributed by atoms with E-state index in [0.29, 0.717) is 18.7 Å². The average Bonchev–Trinajstić information content (AvgIpc) is 2.93. The molecule has 0 radical (unpaired) electrons. The van der Waals surface area contributed by atoms with Crippen molar-refractivity contribution in [1.82, 2.24) is 20.0 Å². The number of aromatic nitrogens is 2. The fourth-order valence-corrected chi connectivity index (χ4v) is 3.16. The summed E-state index contributed by atoms with van der Waals surface area (Å²) < 4.78 is 5.50. The van der Waals surface area contributed by atoms with Gasteiger partial charge >= 0.3 is 6.09 Å². The van der Waals surface area contributed by atoms with E-state index in [0.717, 1.165) is 11.3 Å². The first kappa shape index (κ1) is 21.2. The van der Waals surface area contributed by atoms with Gasteiger partial charge in [-0.25, -0.2) is 4.79 Å². The molecule has 1 aliphatic rings. The van der Waals surface area contributed by atoms with E-state index in [1.807, 2.05) is 41.5 Å². The van der Waals surface area contributed by atoms with E-state index in [1.54, 1.807) is 16.8 Å². The summed E-state index contributed by atoms with van der Waals surface area (Å²) in [4.78, 5) is 28.6. The van der Waals surface area contributed by atoms with Crippen molar-refractivity contribution in [2.75, 3.05) is 20.2 Å². The van der Waals surface area contributed by atoms with Gasteiger partial charge < -0.3 is 19.6 Å². The first-order valence-electron chi connectivity index (χ1n) is 9.26. The lowest BCUT2D eigenvalue weighted by molar-refractivity contribution is 0.0136. The molecule has 0 bridgehead atoms. The number of nitrogens with one attached hydrogen (secondary N) is 1. The van der Waals surface area contributed by atoms with Crippen molar-refractivity contribution in [2.24, 2.45) is 5.41 Å². The minimum Gasteiger partial charge on any atom is -0.444 e. The van der Waals surface area contributed by atoms with Crippen LogP contribution < -0.4 is 0 Å². The molecule has 0 saturated carbocycles. The molecule has 1 aromatic heterocycles. The Balaban J connectivity index is 2.21. The Morgan fingerprint density at radius 1 is 1.33 bits per heavy atom. The quantitative estimate of drug-likeness (QED) is 0.834. The number of amides is 2. The van der Waals surface area contributed by atoms with Gasteiger partial charge in [-0.2, -0.15) is 5.10 Å². The molecule has 2 rings (SSSR count). The minimum atomic E-state index is -0.581. The van der Waals surface area contributed by atoms with Crippen molar-refractivity contribution in [3.63, 3.8) is 0 Å². The molecule has 1 aromatic rings. The van der Waals surface area contributed by atoms with E-state index in [-0.39, 0.29) is 25.1 Å². The van der Waals surface area contributed by atoms with Crippen LogP contribution in [0.1, 0.15) is 63.3 Å². The van der Waals surface area contributed by atoms with Crippen LogP contribution in [0, 0.1) is 5.41 Å². The Morgan fingerprint density at radius 2 is 1.96 bits per heavy atom. The normalized spacial score (nSPS) is 17.5. The Morgan fingerprint density at radius 3 is 2.52 bits per heavy atom. The van der Waals surface area contributed by atoms with Gasteiger partial charge in [0.25, 0.3) is 5.91 Å². The molecule has 2 amide bonds. The zero-order chi connectivity index (χ0) is 20.6. The van der Waals surface area contributed by atoms with Gasteiger partial charge in [0.2, 0.25) is 0 Å². The van der Waals surface area contributed by atoms with Crippen LogP contribution in [0.4, 0.5) is 4.79 Å². The second kappa shape index (κ2) is 7.50. The van der Waals surface area contributed by atoms with Gasteiger partial charge in [-0.3, -0.25) is 9.89 Å². The molecule has 0 unspecified atom stereocenters. The number of rotatable bonds is 4. The Labute approximate surface area is 160 Å². The number of hydrogen-bond acceptors (Lipinski definition) is 5. The highest BCUT2D eigenvalue weighted by atomic mass is 16.6. The number of H-pyrrole nitrogens is 1. The summed E-state index contributed by atoms with van der Waals surface area (Å²) in [6.07, 6.45) is 0.191. The number of aromatic amines is 1. The lowest BCUT2D eigenvalue weighted by atomic mass is 9.94. The van der Waals surface area contributed by atoms with Crippen LogP contribution in [0.3, 0.4) is 0 Å². The van der Waals surface area contributed by atoms with E-state index in [4.69, 9.17) is 4.74 Å². The van der Waals surface area contributed by atoms with Gasteiger partial charge in [0.05, 0.1) is 6.54 Å². The van der Waals surface area contributed by atoms with Gasteiger partial charge in [0.1, 0.15) is 5.60 Å². The van der Waals surface area contributed by atoms with Gasteiger partial charge in [-0.15, -0.1) is 0 Å².